The van der Waals surface area contributed by atoms with Gasteiger partial charge in [-0.3, -0.25) is 10.1 Å². The lowest BCUT2D eigenvalue weighted by Crippen LogP contribution is -2.20. The summed E-state index contributed by atoms with van der Waals surface area (Å²) in [5.74, 6) is -0.461. The lowest BCUT2D eigenvalue weighted by Gasteiger charge is -2.14. The number of para-hydroxylation sites is 1. The molecule has 3 rings (SSSR count). The predicted molar refractivity (Wildman–Crippen MR) is 102 cm³/mol. The van der Waals surface area contributed by atoms with Gasteiger partial charge in [-0.2, -0.15) is 0 Å². The van der Waals surface area contributed by atoms with Gasteiger partial charge in [0.05, 0.1) is 28.9 Å². The standard InChI is InChI=1S/C18H21N5O5/c1-2-27-18(24)13-7-3-4-8-14(13)22-17-15(23(25)26)16(20-11-21-17)19-10-12-6-5-9-28-12/h3-4,7-8,11-12H,2,5-6,9-10H2,1H3,(H2,19,20,21,22). The zero-order valence-electron chi connectivity index (χ0n) is 15.4. The minimum absolute atomic E-state index is 0.00415. The molecule has 148 valence electrons. The van der Waals surface area contributed by atoms with Crippen LogP contribution in [0.5, 0.6) is 0 Å². The quantitative estimate of drug-likeness (QED) is 0.399. The Bertz CT molecular complexity index is 854. The molecule has 1 atom stereocenters. The third kappa shape index (κ3) is 4.52. The largest absolute Gasteiger partial charge is 0.462 e. The summed E-state index contributed by atoms with van der Waals surface area (Å²) in [6.45, 7) is 3.03. The van der Waals surface area contributed by atoms with Crippen LogP contribution >= 0.6 is 0 Å². The summed E-state index contributed by atoms with van der Waals surface area (Å²) in [5, 5.41) is 17.5. The topological polar surface area (TPSA) is 129 Å². The van der Waals surface area contributed by atoms with E-state index in [1.54, 1.807) is 31.2 Å². The summed E-state index contributed by atoms with van der Waals surface area (Å²) >= 11 is 0. The van der Waals surface area contributed by atoms with Crippen molar-refractivity contribution in [2.24, 2.45) is 0 Å². The van der Waals surface area contributed by atoms with Crippen LogP contribution in [0.15, 0.2) is 30.6 Å². The number of hydrogen-bond acceptors (Lipinski definition) is 9. The van der Waals surface area contributed by atoms with E-state index in [2.05, 4.69) is 20.6 Å². The number of rotatable bonds is 8. The van der Waals surface area contributed by atoms with E-state index in [9.17, 15) is 14.9 Å². The van der Waals surface area contributed by atoms with Gasteiger partial charge < -0.3 is 20.1 Å². The molecule has 10 heteroatoms. The minimum Gasteiger partial charge on any atom is -0.462 e. The molecular formula is C18H21N5O5. The Morgan fingerprint density at radius 1 is 1.36 bits per heavy atom. The highest BCUT2D eigenvalue weighted by Crippen LogP contribution is 2.32. The van der Waals surface area contributed by atoms with Crippen molar-refractivity contribution in [2.75, 3.05) is 30.4 Å². The average Bonchev–Trinajstić information content (AvgIpc) is 3.20. The lowest BCUT2D eigenvalue weighted by molar-refractivity contribution is -0.383. The van der Waals surface area contributed by atoms with E-state index in [-0.39, 0.29) is 35.6 Å². The van der Waals surface area contributed by atoms with E-state index < -0.39 is 10.9 Å². The Hall–Kier alpha value is -3.27. The van der Waals surface area contributed by atoms with Crippen LogP contribution in [0.2, 0.25) is 0 Å². The molecule has 1 aromatic carbocycles. The number of aromatic nitrogens is 2. The Morgan fingerprint density at radius 2 is 2.14 bits per heavy atom. The first kappa shape index (κ1) is 19.5. The number of hydrogen-bond donors (Lipinski definition) is 2. The number of carbonyl (C=O) groups is 1. The van der Waals surface area contributed by atoms with Crippen LogP contribution in [-0.2, 0) is 9.47 Å². The SMILES string of the molecule is CCOC(=O)c1ccccc1Nc1ncnc(NCC2CCCO2)c1[N+](=O)[O-]. The maximum Gasteiger partial charge on any atom is 0.353 e. The molecule has 0 radical (unpaired) electrons. The average molecular weight is 387 g/mol. The molecule has 1 unspecified atom stereocenters. The smallest absolute Gasteiger partial charge is 0.353 e. The van der Waals surface area contributed by atoms with Gasteiger partial charge in [-0.25, -0.2) is 14.8 Å². The van der Waals surface area contributed by atoms with E-state index >= 15 is 0 Å². The lowest BCUT2D eigenvalue weighted by atomic mass is 10.1. The molecule has 1 aliphatic rings. The summed E-state index contributed by atoms with van der Waals surface area (Å²) in [6.07, 6.45) is 3.08. The number of ether oxygens (including phenoxy) is 2. The van der Waals surface area contributed by atoms with Crippen LogP contribution in [0.3, 0.4) is 0 Å². The number of carbonyl (C=O) groups excluding carboxylic acids is 1. The number of nitrogens with one attached hydrogen (secondary N) is 2. The molecule has 0 spiro atoms. The Balaban J connectivity index is 1.87. The summed E-state index contributed by atoms with van der Waals surface area (Å²) in [5.41, 5.74) is 0.304. The molecule has 0 aliphatic carbocycles. The van der Waals surface area contributed by atoms with E-state index in [0.29, 0.717) is 18.8 Å². The fraction of sp³-hybridized carbons (Fsp3) is 0.389. The first-order chi connectivity index (χ1) is 13.6. The van der Waals surface area contributed by atoms with Crippen molar-refractivity contribution in [1.82, 2.24) is 9.97 Å². The second-order valence-electron chi connectivity index (χ2n) is 6.08. The van der Waals surface area contributed by atoms with E-state index in [4.69, 9.17) is 9.47 Å². The molecule has 0 bridgehead atoms. The molecule has 1 aromatic heterocycles. The van der Waals surface area contributed by atoms with E-state index in [1.165, 1.54) is 6.33 Å². The minimum atomic E-state index is -0.562. The van der Waals surface area contributed by atoms with Gasteiger partial charge in [0.1, 0.15) is 6.33 Å². The molecule has 1 fully saturated rings. The molecule has 2 heterocycles. The molecule has 28 heavy (non-hydrogen) atoms. The summed E-state index contributed by atoms with van der Waals surface area (Å²) in [6, 6.07) is 6.58. The van der Waals surface area contributed by atoms with Crippen LogP contribution in [0, 0.1) is 10.1 Å². The zero-order valence-corrected chi connectivity index (χ0v) is 15.4. The summed E-state index contributed by atoms with van der Waals surface area (Å²) < 4.78 is 10.6. The molecule has 2 N–H and O–H groups in total. The number of benzene rings is 1. The van der Waals surface area contributed by atoms with Crippen LogP contribution in [0.4, 0.5) is 23.0 Å². The second-order valence-corrected chi connectivity index (χ2v) is 6.08. The normalized spacial score (nSPS) is 15.8. The third-order valence-corrected chi connectivity index (χ3v) is 4.20. The molecule has 2 aromatic rings. The molecule has 0 saturated carbocycles. The highest BCUT2D eigenvalue weighted by atomic mass is 16.6. The van der Waals surface area contributed by atoms with Gasteiger partial charge >= 0.3 is 11.7 Å². The van der Waals surface area contributed by atoms with Crippen molar-refractivity contribution in [2.45, 2.75) is 25.9 Å². The number of anilines is 3. The molecule has 1 saturated heterocycles. The van der Waals surface area contributed by atoms with Gasteiger partial charge in [-0.1, -0.05) is 12.1 Å². The molecule has 10 nitrogen and oxygen atoms in total. The van der Waals surface area contributed by atoms with E-state index in [0.717, 1.165) is 12.8 Å². The van der Waals surface area contributed by atoms with Gasteiger partial charge in [0.15, 0.2) is 0 Å². The first-order valence-corrected chi connectivity index (χ1v) is 8.98. The number of nitro groups is 1. The van der Waals surface area contributed by atoms with Crippen molar-refractivity contribution in [3.8, 4) is 0 Å². The van der Waals surface area contributed by atoms with Crippen molar-refractivity contribution in [3.05, 3.63) is 46.3 Å². The first-order valence-electron chi connectivity index (χ1n) is 8.98. The van der Waals surface area contributed by atoms with Crippen LogP contribution < -0.4 is 10.6 Å². The monoisotopic (exact) mass is 387 g/mol. The highest BCUT2D eigenvalue weighted by molar-refractivity contribution is 5.96. The van der Waals surface area contributed by atoms with Crippen LogP contribution in [-0.4, -0.2) is 46.7 Å². The highest BCUT2D eigenvalue weighted by Gasteiger charge is 2.25. The Labute approximate surface area is 161 Å². The van der Waals surface area contributed by atoms with Gasteiger partial charge in [0.2, 0.25) is 11.6 Å². The maximum absolute atomic E-state index is 12.1. The molecule has 0 amide bonds. The zero-order chi connectivity index (χ0) is 19.9. The fourth-order valence-corrected chi connectivity index (χ4v) is 2.89. The molecular weight excluding hydrogens is 366 g/mol. The van der Waals surface area contributed by atoms with Gasteiger partial charge in [0.25, 0.3) is 0 Å². The van der Waals surface area contributed by atoms with Gasteiger partial charge in [-0.15, -0.1) is 0 Å². The second kappa shape index (κ2) is 9.09. The molecule has 1 aliphatic heterocycles. The van der Waals surface area contributed by atoms with Crippen molar-refractivity contribution >= 4 is 29.0 Å². The maximum atomic E-state index is 12.1. The predicted octanol–water partition coefficient (Wildman–Crippen LogP) is 2.90. The van der Waals surface area contributed by atoms with Crippen LogP contribution in [0.1, 0.15) is 30.1 Å². The Morgan fingerprint density at radius 3 is 2.86 bits per heavy atom. The van der Waals surface area contributed by atoms with Crippen molar-refractivity contribution < 1.29 is 19.2 Å². The summed E-state index contributed by atoms with van der Waals surface area (Å²) in [4.78, 5) is 31.2. The third-order valence-electron chi connectivity index (χ3n) is 4.20. The van der Waals surface area contributed by atoms with Crippen molar-refractivity contribution in [3.63, 3.8) is 0 Å². The van der Waals surface area contributed by atoms with Crippen molar-refractivity contribution in [1.29, 1.82) is 0 Å². The summed E-state index contributed by atoms with van der Waals surface area (Å²) in [7, 11) is 0. The van der Waals surface area contributed by atoms with Gasteiger partial charge in [-0.05, 0) is 31.9 Å². The van der Waals surface area contributed by atoms with Crippen LogP contribution in [0.25, 0.3) is 0 Å². The van der Waals surface area contributed by atoms with Gasteiger partial charge in [0, 0.05) is 13.2 Å². The number of nitrogens with zero attached hydrogens (tertiary/aromatic N) is 3. The fourth-order valence-electron chi connectivity index (χ4n) is 2.89. The van der Waals surface area contributed by atoms with E-state index in [1.807, 2.05) is 0 Å². The number of esters is 1. The Kier molecular flexibility index (Phi) is 6.33.